The summed E-state index contributed by atoms with van der Waals surface area (Å²) in [5, 5.41) is 0. The molecule has 5 aromatic rings. The highest BCUT2D eigenvalue weighted by Crippen LogP contribution is 2.34. The first-order valence-corrected chi connectivity index (χ1v) is 19.9. The van der Waals surface area contributed by atoms with Gasteiger partial charge in [0.1, 0.15) is 48.4 Å². The van der Waals surface area contributed by atoms with Gasteiger partial charge in [-0.1, -0.05) is 30.3 Å². The van der Waals surface area contributed by atoms with E-state index >= 15 is 0 Å². The number of hydrogen-bond acceptors (Lipinski definition) is 11. The van der Waals surface area contributed by atoms with E-state index in [4.69, 9.17) is 47.4 Å². The molecule has 2 aliphatic heterocycles. The van der Waals surface area contributed by atoms with Gasteiger partial charge in [0.25, 0.3) is 0 Å². The lowest BCUT2D eigenvalue weighted by Gasteiger charge is -2.14. The fourth-order valence-electron chi connectivity index (χ4n) is 6.22. The molecule has 306 valence electrons. The molecule has 3 heterocycles. The molecular formula is C47H53NO10. The summed E-state index contributed by atoms with van der Waals surface area (Å²) < 4.78 is 56.9. The Hall–Kier alpha value is -5.01. The van der Waals surface area contributed by atoms with Crippen LogP contribution in [0.3, 0.4) is 0 Å². The van der Waals surface area contributed by atoms with E-state index in [1.165, 1.54) is 0 Å². The molecule has 0 radical (unpaired) electrons. The molecule has 0 N–H and O–H groups in total. The van der Waals surface area contributed by atoms with E-state index < -0.39 is 0 Å². The predicted molar refractivity (Wildman–Crippen MR) is 221 cm³/mol. The normalized spacial score (nSPS) is 15.6. The summed E-state index contributed by atoms with van der Waals surface area (Å²) in [6.07, 6.45) is 0.550. The molecule has 7 rings (SSSR count). The molecule has 1 aromatic heterocycles. The van der Waals surface area contributed by atoms with Gasteiger partial charge in [-0.2, -0.15) is 4.98 Å². The molecule has 0 aliphatic carbocycles. The van der Waals surface area contributed by atoms with Gasteiger partial charge < -0.3 is 47.4 Å². The SMILES string of the molecule is Cc1cc(-c2ccc(Oc3cccc(Oc4ccc(-c5ccc(OCCOCCOCC6CO6)c(C)c5)cc4C)n3)c(C)c2)ccc1OCCOCCOCC1CO1. The van der Waals surface area contributed by atoms with E-state index in [-0.39, 0.29) is 12.2 Å². The Morgan fingerprint density at radius 2 is 0.793 bits per heavy atom. The second-order valence-electron chi connectivity index (χ2n) is 14.4. The summed E-state index contributed by atoms with van der Waals surface area (Å²) in [7, 11) is 0. The Bertz CT molecular complexity index is 1950. The minimum absolute atomic E-state index is 0.275. The maximum absolute atomic E-state index is 6.25. The molecular weight excluding hydrogens is 739 g/mol. The van der Waals surface area contributed by atoms with Crippen molar-refractivity contribution >= 4 is 0 Å². The lowest BCUT2D eigenvalue weighted by atomic mass is 10.0. The maximum atomic E-state index is 6.25. The van der Waals surface area contributed by atoms with Crippen molar-refractivity contribution in [2.24, 2.45) is 0 Å². The quantitative estimate of drug-likeness (QED) is 0.0442. The molecule has 11 heteroatoms. The summed E-state index contributed by atoms with van der Waals surface area (Å²) in [6.45, 7) is 15.2. The number of benzene rings is 4. The fraction of sp³-hybridized carbons (Fsp3) is 0.383. The van der Waals surface area contributed by atoms with Crippen molar-refractivity contribution in [2.75, 3.05) is 79.3 Å². The van der Waals surface area contributed by atoms with Crippen LogP contribution in [0.4, 0.5) is 0 Å². The number of epoxide rings is 2. The Labute approximate surface area is 341 Å². The van der Waals surface area contributed by atoms with Crippen LogP contribution >= 0.6 is 0 Å². The van der Waals surface area contributed by atoms with Crippen molar-refractivity contribution in [1.82, 2.24) is 4.98 Å². The average Bonchev–Trinajstić information content (AvgIpc) is 4.17. The van der Waals surface area contributed by atoms with Crippen LogP contribution < -0.4 is 18.9 Å². The molecule has 2 unspecified atom stereocenters. The largest absolute Gasteiger partial charge is 0.491 e. The first kappa shape index (κ1) is 41.2. The molecule has 0 saturated carbocycles. The van der Waals surface area contributed by atoms with Crippen LogP contribution in [0.25, 0.3) is 22.3 Å². The third kappa shape index (κ3) is 12.5. The van der Waals surface area contributed by atoms with Crippen molar-refractivity contribution < 1.29 is 47.4 Å². The topological polar surface area (TPSA) is 112 Å². The molecule has 4 aromatic carbocycles. The van der Waals surface area contributed by atoms with E-state index in [1.807, 2.05) is 56.3 Å². The minimum Gasteiger partial charge on any atom is -0.491 e. The van der Waals surface area contributed by atoms with E-state index in [0.29, 0.717) is 77.8 Å². The van der Waals surface area contributed by atoms with Crippen LogP contribution in [-0.4, -0.2) is 96.5 Å². The van der Waals surface area contributed by atoms with Gasteiger partial charge in [0, 0.05) is 12.1 Å². The highest BCUT2D eigenvalue weighted by atomic mass is 16.6. The van der Waals surface area contributed by atoms with E-state index in [2.05, 4.69) is 67.4 Å². The lowest BCUT2D eigenvalue weighted by Crippen LogP contribution is -2.12. The highest BCUT2D eigenvalue weighted by Gasteiger charge is 2.22. The van der Waals surface area contributed by atoms with Crippen LogP contribution in [0.2, 0.25) is 0 Å². The number of hydrogen-bond donors (Lipinski definition) is 0. The summed E-state index contributed by atoms with van der Waals surface area (Å²) in [6, 6.07) is 30.2. The van der Waals surface area contributed by atoms with Crippen LogP contribution in [-0.2, 0) is 28.4 Å². The van der Waals surface area contributed by atoms with Gasteiger partial charge in [0.05, 0.1) is 66.1 Å². The van der Waals surface area contributed by atoms with Crippen LogP contribution in [0.15, 0.2) is 91.0 Å². The Balaban J connectivity index is 0.872. The van der Waals surface area contributed by atoms with Gasteiger partial charge >= 0.3 is 0 Å². The second kappa shape index (κ2) is 20.6. The van der Waals surface area contributed by atoms with Crippen molar-refractivity contribution in [3.05, 3.63) is 113 Å². The van der Waals surface area contributed by atoms with E-state index in [1.54, 1.807) is 0 Å². The maximum Gasteiger partial charge on any atom is 0.222 e. The first-order chi connectivity index (χ1) is 28.4. The van der Waals surface area contributed by atoms with Crippen LogP contribution in [0.5, 0.6) is 34.8 Å². The number of aromatic nitrogens is 1. The number of pyridine rings is 1. The van der Waals surface area contributed by atoms with Crippen molar-refractivity contribution in [1.29, 1.82) is 0 Å². The third-order valence-corrected chi connectivity index (χ3v) is 9.62. The summed E-state index contributed by atoms with van der Waals surface area (Å²) >= 11 is 0. The zero-order valence-corrected chi connectivity index (χ0v) is 33.8. The smallest absolute Gasteiger partial charge is 0.222 e. The van der Waals surface area contributed by atoms with Gasteiger partial charge in [-0.25, -0.2) is 0 Å². The fourth-order valence-corrected chi connectivity index (χ4v) is 6.22. The molecule has 0 spiro atoms. The Morgan fingerprint density at radius 1 is 0.448 bits per heavy atom. The summed E-state index contributed by atoms with van der Waals surface area (Å²) in [5.41, 5.74) is 8.45. The van der Waals surface area contributed by atoms with E-state index in [9.17, 15) is 0 Å². The van der Waals surface area contributed by atoms with E-state index in [0.717, 1.165) is 80.7 Å². The van der Waals surface area contributed by atoms with Gasteiger partial charge in [-0.05, 0) is 121 Å². The molecule has 2 saturated heterocycles. The highest BCUT2D eigenvalue weighted by molar-refractivity contribution is 5.69. The number of nitrogens with zero attached hydrogens (tertiary/aromatic N) is 1. The molecule has 58 heavy (non-hydrogen) atoms. The first-order valence-electron chi connectivity index (χ1n) is 19.9. The van der Waals surface area contributed by atoms with Crippen LogP contribution in [0, 0.1) is 27.7 Å². The molecule has 0 amide bonds. The predicted octanol–water partition coefficient (Wildman–Crippen LogP) is 8.86. The molecule has 11 nitrogen and oxygen atoms in total. The standard InChI is InChI=1S/C47H53NO10/c1-32-24-36(8-12-42(32)53-22-20-49-16-18-51-28-40-30-55-40)38-10-14-44(34(3)26-38)57-46-6-5-7-47(48-46)58-45-15-11-39(27-35(45)4)37-9-13-43(33(2)25-37)54-23-21-50-17-19-52-29-41-31-56-41/h5-15,24-27,40-41H,16-23,28-31H2,1-4H3. The third-order valence-electron chi connectivity index (χ3n) is 9.62. The monoisotopic (exact) mass is 791 g/mol. The Morgan fingerprint density at radius 3 is 1.16 bits per heavy atom. The van der Waals surface area contributed by atoms with Crippen molar-refractivity contribution in [3.63, 3.8) is 0 Å². The van der Waals surface area contributed by atoms with Gasteiger partial charge in [0.15, 0.2) is 0 Å². The number of rotatable bonds is 24. The number of aryl methyl sites for hydroxylation is 4. The minimum atomic E-state index is 0.275. The summed E-state index contributed by atoms with van der Waals surface area (Å²) in [4.78, 5) is 4.65. The summed E-state index contributed by atoms with van der Waals surface area (Å²) in [5.74, 6) is 4.01. The lowest BCUT2D eigenvalue weighted by molar-refractivity contribution is 0.0316. The average molecular weight is 792 g/mol. The Kier molecular flexibility index (Phi) is 14.6. The number of ether oxygens (including phenoxy) is 10. The van der Waals surface area contributed by atoms with Crippen molar-refractivity contribution in [3.8, 4) is 57.0 Å². The van der Waals surface area contributed by atoms with Gasteiger partial charge in [-0.15, -0.1) is 0 Å². The van der Waals surface area contributed by atoms with Gasteiger partial charge in [0.2, 0.25) is 11.8 Å². The van der Waals surface area contributed by atoms with Crippen molar-refractivity contribution in [2.45, 2.75) is 39.9 Å². The van der Waals surface area contributed by atoms with Crippen LogP contribution in [0.1, 0.15) is 22.3 Å². The molecule has 0 bridgehead atoms. The molecule has 2 aliphatic rings. The zero-order chi connectivity index (χ0) is 40.1. The molecule has 2 fully saturated rings. The zero-order valence-electron chi connectivity index (χ0n) is 33.8. The second-order valence-corrected chi connectivity index (χ2v) is 14.4. The van der Waals surface area contributed by atoms with Gasteiger partial charge in [-0.3, -0.25) is 0 Å². The molecule has 2 atom stereocenters.